The van der Waals surface area contributed by atoms with Crippen molar-refractivity contribution in [1.82, 2.24) is 9.29 Å². The standard InChI is InChI=1S/C19H23N3O4S3/c1-19(2)10-13-16(14(23)11-19)28-18(20-13)21-17(24)12-5-7-22(8-6-12)29(25,26)15-4-3-9-27-15/h3-4,9,12H,5-8,10-11H2,1-2H3,(H,20,21,24). The van der Waals surface area contributed by atoms with Crippen LogP contribution >= 0.6 is 22.7 Å². The van der Waals surface area contributed by atoms with Gasteiger partial charge in [0.15, 0.2) is 10.9 Å². The van der Waals surface area contributed by atoms with Gasteiger partial charge in [-0.25, -0.2) is 13.4 Å². The smallest absolute Gasteiger partial charge is 0.252 e. The van der Waals surface area contributed by atoms with Crippen molar-refractivity contribution in [2.24, 2.45) is 11.3 Å². The van der Waals surface area contributed by atoms with E-state index in [1.54, 1.807) is 17.5 Å². The number of nitrogens with one attached hydrogen (secondary N) is 1. The van der Waals surface area contributed by atoms with Crippen molar-refractivity contribution in [2.45, 2.75) is 43.7 Å². The van der Waals surface area contributed by atoms with Gasteiger partial charge in [0.05, 0.1) is 10.6 Å². The number of rotatable bonds is 4. The third kappa shape index (κ3) is 4.16. The summed E-state index contributed by atoms with van der Waals surface area (Å²) in [5.74, 6) is -0.338. The van der Waals surface area contributed by atoms with Crippen LogP contribution in [0.3, 0.4) is 0 Å². The first-order valence-corrected chi connectivity index (χ1v) is 12.7. The number of piperidine rings is 1. The number of hydrogen-bond acceptors (Lipinski definition) is 7. The molecule has 0 saturated carbocycles. The average molecular weight is 454 g/mol. The number of amides is 1. The van der Waals surface area contributed by atoms with Crippen molar-refractivity contribution in [3.05, 3.63) is 28.1 Å². The highest BCUT2D eigenvalue weighted by Crippen LogP contribution is 2.38. The van der Waals surface area contributed by atoms with Gasteiger partial charge in [-0.15, -0.1) is 11.3 Å². The minimum absolute atomic E-state index is 0.0846. The fraction of sp³-hybridized carbons (Fsp3) is 0.526. The van der Waals surface area contributed by atoms with Crippen LogP contribution < -0.4 is 5.32 Å². The van der Waals surface area contributed by atoms with Crippen LogP contribution in [0.15, 0.2) is 21.7 Å². The fourth-order valence-corrected chi connectivity index (χ4v) is 7.41. The third-order valence-electron chi connectivity index (χ3n) is 5.38. The Morgan fingerprint density at radius 2 is 2.00 bits per heavy atom. The maximum Gasteiger partial charge on any atom is 0.252 e. The molecule has 2 aromatic heterocycles. The topological polar surface area (TPSA) is 96.4 Å². The van der Waals surface area contributed by atoms with Crippen LogP contribution in [0.1, 0.15) is 48.5 Å². The van der Waals surface area contributed by atoms with Crippen molar-refractivity contribution in [2.75, 3.05) is 18.4 Å². The lowest BCUT2D eigenvalue weighted by atomic mass is 9.78. The molecule has 0 radical (unpaired) electrons. The highest BCUT2D eigenvalue weighted by atomic mass is 32.2. The molecule has 1 fully saturated rings. The van der Waals surface area contributed by atoms with Crippen molar-refractivity contribution >= 4 is 49.5 Å². The predicted octanol–water partition coefficient (Wildman–Crippen LogP) is 3.40. The zero-order chi connectivity index (χ0) is 20.8. The number of ketones is 1. The molecule has 4 rings (SSSR count). The molecule has 1 aliphatic carbocycles. The van der Waals surface area contributed by atoms with Gasteiger partial charge in [-0.05, 0) is 36.1 Å². The van der Waals surface area contributed by atoms with Crippen LogP contribution in [0.25, 0.3) is 0 Å². The summed E-state index contributed by atoms with van der Waals surface area (Å²) in [6.07, 6.45) is 2.15. The lowest BCUT2D eigenvalue weighted by Gasteiger charge is -2.29. The summed E-state index contributed by atoms with van der Waals surface area (Å²) in [5, 5.41) is 5.05. The number of aromatic nitrogens is 1. The molecule has 10 heteroatoms. The largest absolute Gasteiger partial charge is 0.302 e. The van der Waals surface area contributed by atoms with E-state index in [9.17, 15) is 18.0 Å². The zero-order valence-electron chi connectivity index (χ0n) is 16.3. The van der Waals surface area contributed by atoms with Gasteiger partial charge in [0.25, 0.3) is 10.0 Å². The summed E-state index contributed by atoms with van der Waals surface area (Å²) in [4.78, 5) is 30.1. The van der Waals surface area contributed by atoms with E-state index in [1.807, 2.05) is 13.8 Å². The van der Waals surface area contributed by atoms with Crippen LogP contribution in [0.5, 0.6) is 0 Å². The van der Waals surface area contributed by atoms with Crippen molar-refractivity contribution < 1.29 is 18.0 Å². The number of Topliss-reactive ketones (excluding diaryl/α,β-unsaturated/α-hetero) is 1. The molecule has 1 amide bonds. The molecule has 0 atom stereocenters. The lowest BCUT2D eigenvalue weighted by Crippen LogP contribution is -2.41. The summed E-state index contributed by atoms with van der Waals surface area (Å²) >= 11 is 2.44. The Bertz CT molecular complexity index is 1030. The Labute approximate surface area is 178 Å². The Kier molecular flexibility index (Phi) is 5.39. The third-order valence-corrected chi connectivity index (χ3v) is 9.71. The molecule has 1 N–H and O–H groups in total. The van der Waals surface area contributed by atoms with Crippen LogP contribution in [0.2, 0.25) is 0 Å². The van der Waals surface area contributed by atoms with Gasteiger partial charge < -0.3 is 5.32 Å². The first kappa shape index (κ1) is 20.6. The van der Waals surface area contributed by atoms with Gasteiger partial charge in [-0.3, -0.25) is 9.59 Å². The minimum atomic E-state index is -3.47. The highest BCUT2D eigenvalue weighted by Gasteiger charge is 2.35. The molecular formula is C19H23N3O4S3. The minimum Gasteiger partial charge on any atom is -0.302 e. The summed E-state index contributed by atoms with van der Waals surface area (Å²) in [7, 11) is -3.47. The second kappa shape index (κ2) is 7.57. The number of thiazole rings is 1. The Hall–Kier alpha value is -1.62. The normalized spacial score (nSPS) is 20.4. The Morgan fingerprint density at radius 3 is 2.66 bits per heavy atom. The van der Waals surface area contributed by atoms with Gasteiger partial charge in [0.2, 0.25) is 5.91 Å². The van der Waals surface area contributed by atoms with Gasteiger partial charge in [0, 0.05) is 25.4 Å². The van der Waals surface area contributed by atoms with Crippen LogP contribution in [-0.4, -0.2) is 42.5 Å². The van der Waals surface area contributed by atoms with Crippen LogP contribution in [0.4, 0.5) is 5.13 Å². The first-order valence-electron chi connectivity index (χ1n) is 9.53. The maximum atomic E-state index is 12.7. The molecule has 1 saturated heterocycles. The molecule has 0 bridgehead atoms. The lowest BCUT2D eigenvalue weighted by molar-refractivity contribution is -0.120. The maximum absolute atomic E-state index is 12.7. The zero-order valence-corrected chi connectivity index (χ0v) is 18.8. The molecule has 0 spiro atoms. The highest BCUT2D eigenvalue weighted by molar-refractivity contribution is 7.91. The average Bonchev–Trinajstić information content (AvgIpc) is 3.31. The van der Waals surface area contributed by atoms with Crippen LogP contribution in [-0.2, 0) is 21.2 Å². The Balaban J connectivity index is 1.38. The van der Waals surface area contributed by atoms with E-state index < -0.39 is 10.0 Å². The van der Waals surface area contributed by atoms with Crippen molar-refractivity contribution in [3.63, 3.8) is 0 Å². The molecule has 0 unspecified atom stereocenters. The number of anilines is 1. The first-order chi connectivity index (χ1) is 13.7. The van der Waals surface area contributed by atoms with E-state index in [2.05, 4.69) is 10.3 Å². The van der Waals surface area contributed by atoms with E-state index in [0.29, 0.717) is 46.6 Å². The predicted molar refractivity (Wildman–Crippen MR) is 113 cm³/mol. The van der Waals surface area contributed by atoms with Crippen molar-refractivity contribution in [1.29, 1.82) is 0 Å². The number of carbonyl (C=O) groups excluding carboxylic acids is 2. The molecule has 0 aromatic carbocycles. The SMILES string of the molecule is CC1(C)CC(=O)c2sc(NC(=O)C3CCN(S(=O)(=O)c4cccs4)CC3)nc2C1. The summed E-state index contributed by atoms with van der Waals surface area (Å²) in [5.41, 5.74) is 0.656. The van der Waals surface area contributed by atoms with Crippen molar-refractivity contribution in [3.8, 4) is 0 Å². The fourth-order valence-electron chi connectivity index (χ4n) is 3.88. The van der Waals surface area contributed by atoms with E-state index in [-0.39, 0.29) is 23.0 Å². The van der Waals surface area contributed by atoms with Gasteiger partial charge in [-0.1, -0.05) is 31.3 Å². The molecular weight excluding hydrogens is 430 g/mol. The second-order valence-corrected chi connectivity index (χ2v) is 12.4. The van der Waals surface area contributed by atoms with E-state index in [4.69, 9.17) is 0 Å². The Morgan fingerprint density at radius 1 is 1.28 bits per heavy atom. The quantitative estimate of drug-likeness (QED) is 0.765. The molecule has 3 heterocycles. The van der Waals surface area contributed by atoms with E-state index in [1.165, 1.54) is 27.0 Å². The van der Waals surface area contributed by atoms with Gasteiger partial charge in [-0.2, -0.15) is 4.31 Å². The molecule has 29 heavy (non-hydrogen) atoms. The molecule has 7 nitrogen and oxygen atoms in total. The summed E-state index contributed by atoms with van der Waals surface area (Å²) < 4.78 is 27.0. The summed E-state index contributed by atoms with van der Waals surface area (Å²) in [6.45, 7) is 4.73. The number of carbonyl (C=O) groups is 2. The molecule has 156 valence electrons. The molecule has 1 aliphatic heterocycles. The molecule has 2 aromatic rings. The number of nitrogens with zero attached hydrogens (tertiary/aromatic N) is 2. The van der Waals surface area contributed by atoms with Crippen LogP contribution in [0, 0.1) is 11.3 Å². The summed E-state index contributed by atoms with van der Waals surface area (Å²) in [6, 6.07) is 3.32. The van der Waals surface area contributed by atoms with E-state index in [0.717, 1.165) is 12.1 Å². The number of hydrogen-bond donors (Lipinski definition) is 1. The van der Waals surface area contributed by atoms with E-state index >= 15 is 0 Å². The molecule has 2 aliphatic rings. The number of sulfonamides is 1. The monoisotopic (exact) mass is 453 g/mol. The van der Waals surface area contributed by atoms with Gasteiger partial charge >= 0.3 is 0 Å². The number of fused-ring (bicyclic) bond motifs is 1. The second-order valence-electron chi connectivity index (χ2n) is 8.34. The number of thiophene rings is 1. The van der Waals surface area contributed by atoms with Gasteiger partial charge in [0.1, 0.15) is 4.21 Å².